The van der Waals surface area contributed by atoms with E-state index in [9.17, 15) is 4.79 Å². The minimum absolute atomic E-state index is 0.108. The lowest BCUT2D eigenvalue weighted by Crippen LogP contribution is -2.21. The van der Waals surface area contributed by atoms with E-state index in [1.165, 1.54) is 0 Å². The Morgan fingerprint density at radius 2 is 2.21 bits per heavy atom. The summed E-state index contributed by atoms with van der Waals surface area (Å²) in [4.78, 5) is 16.1. The maximum absolute atomic E-state index is 12.1. The molecule has 0 bridgehead atoms. The highest BCUT2D eigenvalue weighted by atomic mass is 79.9. The van der Waals surface area contributed by atoms with E-state index >= 15 is 0 Å². The van der Waals surface area contributed by atoms with Crippen molar-refractivity contribution < 1.29 is 4.74 Å². The van der Waals surface area contributed by atoms with Gasteiger partial charge in [0, 0.05) is 23.4 Å². The van der Waals surface area contributed by atoms with Gasteiger partial charge in [0.2, 0.25) is 0 Å². The van der Waals surface area contributed by atoms with Gasteiger partial charge in [0.1, 0.15) is 5.75 Å². The van der Waals surface area contributed by atoms with Crippen molar-refractivity contribution in [2.24, 2.45) is 0 Å². The van der Waals surface area contributed by atoms with Crippen LogP contribution in [-0.4, -0.2) is 9.55 Å². The molecule has 0 saturated heterocycles. The zero-order valence-electron chi connectivity index (χ0n) is 10.9. The van der Waals surface area contributed by atoms with Gasteiger partial charge < -0.3 is 9.30 Å². The quantitative estimate of drug-likeness (QED) is 0.865. The van der Waals surface area contributed by atoms with E-state index in [0.717, 1.165) is 16.5 Å². The fourth-order valence-corrected chi connectivity index (χ4v) is 2.04. The Labute approximate surface area is 120 Å². The van der Waals surface area contributed by atoms with Gasteiger partial charge in [0.15, 0.2) is 0 Å². The average Bonchev–Trinajstić information content (AvgIpc) is 2.39. The third-order valence-corrected chi connectivity index (χ3v) is 3.20. The molecule has 0 amide bonds. The molecule has 0 unspecified atom stereocenters. The summed E-state index contributed by atoms with van der Waals surface area (Å²) in [6.45, 7) is 4.61. The molecule has 1 aromatic heterocycles. The molecular formula is C14H15BrN2O2. The molecule has 19 heavy (non-hydrogen) atoms. The molecule has 1 heterocycles. The smallest absolute Gasteiger partial charge is 0.313 e. The summed E-state index contributed by atoms with van der Waals surface area (Å²) in [6.07, 6.45) is 4.14. The van der Waals surface area contributed by atoms with Crippen LogP contribution >= 0.6 is 15.9 Å². The van der Waals surface area contributed by atoms with Crippen molar-refractivity contribution in [3.8, 4) is 11.6 Å². The predicted molar refractivity (Wildman–Crippen MR) is 77.7 cm³/mol. The first-order valence-electron chi connectivity index (χ1n) is 6.11. The Balaban J connectivity index is 2.36. The number of aryl methyl sites for hydroxylation is 2. The minimum atomic E-state index is -0.205. The van der Waals surface area contributed by atoms with Gasteiger partial charge in [-0.3, -0.25) is 4.79 Å². The number of hydrogen-bond acceptors (Lipinski definition) is 3. The highest BCUT2D eigenvalue weighted by molar-refractivity contribution is 9.10. The van der Waals surface area contributed by atoms with Crippen molar-refractivity contribution in [1.82, 2.24) is 9.55 Å². The molecule has 0 aliphatic heterocycles. The summed E-state index contributed by atoms with van der Waals surface area (Å²) in [5.74, 6) is 0.741. The lowest BCUT2D eigenvalue weighted by molar-refractivity contribution is 0.440. The molecule has 0 atom stereocenters. The molecule has 0 aliphatic rings. The normalized spacial score (nSPS) is 10.5. The van der Waals surface area contributed by atoms with Gasteiger partial charge in [-0.2, -0.15) is 0 Å². The number of ether oxygens (including phenoxy) is 1. The van der Waals surface area contributed by atoms with Crippen molar-refractivity contribution in [3.05, 3.63) is 51.0 Å². The standard InChI is InChI=1S/C14H15BrN2O2/c1-3-7-17-8-6-16-13(14(17)18)19-12-9-11(15)5-4-10(12)2/h4-6,8-9H,3,7H2,1-2H3. The number of nitrogens with zero attached hydrogens (tertiary/aromatic N) is 2. The van der Waals surface area contributed by atoms with Crippen LogP contribution in [-0.2, 0) is 6.54 Å². The van der Waals surface area contributed by atoms with Gasteiger partial charge in [-0.05, 0) is 31.0 Å². The molecule has 4 nitrogen and oxygen atoms in total. The molecular weight excluding hydrogens is 308 g/mol. The highest BCUT2D eigenvalue weighted by Crippen LogP contribution is 2.25. The van der Waals surface area contributed by atoms with Gasteiger partial charge in [0.05, 0.1) is 0 Å². The molecule has 2 rings (SSSR count). The zero-order chi connectivity index (χ0) is 13.8. The van der Waals surface area contributed by atoms with E-state index in [-0.39, 0.29) is 11.4 Å². The van der Waals surface area contributed by atoms with Crippen LogP contribution in [0.2, 0.25) is 0 Å². The van der Waals surface area contributed by atoms with Crippen LogP contribution in [0.1, 0.15) is 18.9 Å². The van der Waals surface area contributed by atoms with Gasteiger partial charge in [-0.1, -0.05) is 28.9 Å². The summed E-state index contributed by atoms with van der Waals surface area (Å²) >= 11 is 3.38. The molecule has 0 fully saturated rings. The summed E-state index contributed by atoms with van der Waals surface area (Å²) in [5.41, 5.74) is 0.749. The fraction of sp³-hybridized carbons (Fsp3) is 0.286. The molecule has 5 heteroatoms. The summed E-state index contributed by atoms with van der Waals surface area (Å²) in [6, 6.07) is 5.68. The lowest BCUT2D eigenvalue weighted by Gasteiger charge is -2.09. The van der Waals surface area contributed by atoms with Crippen LogP contribution in [0.15, 0.2) is 39.9 Å². The fourth-order valence-electron chi connectivity index (χ4n) is 1.70. The first-order chi connectivity index (χ1) is 9.11. The summed E-state index contributed by atoms with van der Waals surface area (Å²) < 4.78 is 8.14. The van der Waals surface area contributed by atoms with E-state index < -0.39 is 0 Å². The van der Waals surface area contributed by atoms with Crippen LogP contribution in [0.25, 0.3) is 0 Å². The predicted octanol–water partition coefficient (Wildman–Crippen LogP) is 3.52. The average molecular weight is 323 g/mol. The molecule has 0 saturated carbocycles. The molecule has 0 spiro atoms. The topological polar surface area (TPSA) is 44.1 Å². The molecule has 1 aromatic carbocycles. The Bertz CT molecular complexity index is 638. The Morgan fingerprint density at radius 3 is 2.95 bits per heavy atom. The number of hydrogen-bond donors (Lipinski definition) is 0. The van der Waals surface area contributed by atoms with Crippen LogP contribution in [0.3, 0.4) is 0 Å². The monoisotopic (exact) mass is 322 g/mol. The third-order valence-electron chi connectivity index (χ3n) is 2.70. The van der Waals surface area contributed by atoms with Gasteiger partial charge in [-0.25, -0.2) is 4.98 Å². The first kappa shape index (κ1) is 13.8. The number of rotatable bonds is 4. The number of halogens is 1. The third kappa shape index (κ3) is 3.23. The van der Waals surface area contributed by atoms with Crippen LogP contribution in [0, 0.1) is 6.92 Å². The van der Waals surface area contributed by atoms with Gasteiger partial charge in [-0.15, -0.1) is 0 Å². The van der Waals surface area contributed by atoms with Crippen molar-refractivity contribution in [3.63, 3.8) is 0 Å². The lowest BCUT2D eigenvalue weighted by atomic mass is 10.2. The van der Waals surface area contributed by atoms with Crippen LogP contribution in [0.4, 0.5) is 0 Å². The first-order valence-corrected chi connectivity index (χ1v) is 6.90. The molecule has 0 aliphatic carbocycles. The second kappa shape index (κ2) is 6.02. The van der Waals surface area contributed by atoms with Crippen molar-refractivity contribution in [2.45, 2.75) is 26.8 Å². The van der Waals surface area contributed by atoms with Gasteiger partial charge in [0.25, 0.3) is 5.88 Å². The Morgan fingerprint density at radius 1 is 1.42 bits per heavy atom. The van der Waals surface area contributed by atoms with Crippen molar-refractivity contribution in [1.29, 1.82) is 0 Å². The number of aromatic nitrogens is 2. The van der Waals surface area contributed by atoms with E-state index in [1.54, 1.807) is 17.0 Å². The summed E-state index contributed by atoms with van der Waals surface area (Å²) in [5, 5.41) is 0. The van der Waals surface area contributed by atoms with Crippen LogP contribution in [0.5, 0.6) is 11.6 Å². The summed E-state index contributed by atoms with van der Waals surface area (Å²) in [7, 11) is 0. The van der Waals surface area contributed by atoms with Crippen molar-refractivity contribution in [2.75, 3.05) is 0 Å². The van der Waals surface area contributed by atoms with Gasteiger partial charge >= 0.3 is 5.56 Å². The molecule has 0 radical (unpaired) electrons. The van der Waals surface area contributed by atoms with E-state index in [4.69, 9.17) is 4.74 Å². The number of benzene rings is 1. The second-order valence-electron chi connectivity index (χ2n) is 4.24. The molecule has 100 valence electrons. The molecule has 2 aromatic rings. The minimum Gasteiger partial charge on any atom is -0.434 e. The maximum Gasteiger partial charge on any atom is 0.313 e. The molecule has 0 N–H and O–H groups in total. The Hall–Kier alpha value is -1.62. The van der Waals surface area contributed by atoms with E-state index in [1.807, 2.05) is 32.0 Å². The second-order valence-corrected chi connectivity index (χ2v) is 5.16. The van der Waals surface area contributed by atoms with Crippen LogP contribution < -0.4 is 10.3 Å². The van der Waals surface area contributed by atoms with Crippen molar-refractivity contribution >= 4 is 15.9 Å². The highest BCUT2D eigenvalue weighted by Gasteiger charge is 2.09. The van der Waals surface area contributed by atoms with E-state index in [0.29, 0.717) is 12.3 Å². The SMILES string of the molecule is CCCn1ccnc(Oc2cc(Br)ccc2C)c1=O. The zero-order valence-corrected chi connectivity index (χ0v) is 12.5. The van der Waals surface area contributed by atoms with E-state index in [2.05, 4.69) is 20.9 Å². The Kier molecular flexibility index (Phi) is 4.37. The largest absolute Gasteiger partial charge is 0.434 e. The maximum atomic E-state index is 12.1.